The molecule has 8 heteroatoms. The first-order chi connectivity index (χ1) is 11.6. The van der Waals surface area contributed by atoms with E-state index in [1.165, 1.54) is 0 Å². The Morgan fingerprint density at radius 1 is 1.17 bits per heavy atom. The number of fused-ring (bicyclic) bond motifs is 1. The van der Waals surface area contributed by atoms with E-state index in [1.807, 2.05) is 24.3 Å². The SMILES string of the molecule is O=c1[nH]n(C(=S)N/N=C/c2cccc(Br)c2)c(=O)c2ccccc12. The number of hydrogen-bond donors (Lipinski definition) is 2. The number of nitrogens with zero attached hydrogens (tertiary/aromatic N) is 2. The first-order valence-corrected chi connectivity index (χ1v) is 8.09. The van der Waals surface area contributed by atoms with Crippen molar-refractivity contribution in [2.24, 2.45) is 5.10 Å². The fourth-order valence-electron chi connectivity index (χ4n) is 2.14. The summed E-state index contributed by atoms with van der Waals surface area (Å²) in [5.74, 6) is 0. The molecule has 1 heterocycles. The first kappa shape index (κ1) is 16.3. The lowest BCUT2D eigenvalue weighted by molar-refractivity contribution is 0.813. The molecule has 0 fully saturated rings. The van der Waals surface area contributed by atoms with Crippen LogP contribution in [0.5, 0.6) is 0 Å². The average Bonchev–Trinajstić information content (AvgIpc) is 2.58. The van der Waals surface area contributed by atoms with Crippen molar-refractivity contribution in [2.75, 3.05) is 0 Å². The van der Waals surface area contributed by atoms with Crippen molar-refractivity contribution in [1.82, 2.24) is 15.2 Å². The number of nitrogens with one attached hydrogen (secondary N) is 2. The summed E-state index contributed by atoms with van der Waals surface area (Å²) in [7, 11) is 0. The largest absolute Gasteiger partial charge is 0.279 e. The van der Waals surface area contributed by atoms with E-state index in [0.717, 1.165) is 14.7 Å². The fourth-order valence-corrected chi connectivity index (χ4v) is 2.74. The zero-order chi connectivity index (χ0) is 17.1. The van der Waals surface area contributed by atoms with Gasteiger partial charge < -0.3 is 0 Å². The molecule has 120 valence electrons. The minimum Gasteiger partial charge on any atom is -0.267 e. The third-order valence-corrected chi connectivity index (χ3v) is 4.01. The summed E-state index contributed by atoms with van der Waals surface area (Å²) in [6.07, 6.45) is 1.56. The Morgan fingerprint density at radius 2 is 1.92 bits per heavy atom. The van der Waals surface area contributed by atoms with Crippen molar-refractivity contribution in [3.05, 3.63) is 79.3 Å². The lowest BCUT2D eigenvalue weighted by Gasteiger charge is -2.07. The van der Waals surface area contributed by atoms with Gasteiger partial charge in [-0.1, -0.05) is 40.2 Å². The van der Waals surface area contributed by atoms with Crippen molar-refractivity contribution in [3.8, 4) is 0 Å². The number of rotatable bonds is 2. The summed E-state index contributed by atoms with van der Waals surface area (Å²) in [6, 6.07) is 14.1. The van der Waals surface area contributed by atoms with Crippen LogP contribution in [0.2, 0.25) is 0 Å². The molecule has 0 radical (unpaired) electrons. The van der Waals surface area contributed by atoms with E-state index in [2.05, 4.69) is 31.6 Å². The van der Waals surface area contributed by atoms with Crippen molar-refractivity contribution >= 4 is 50.2 Å². The van der Waals surface area contributed by atoms with E-state index in [1.54, 1.807) is 30.5 Å². The Kier molecular flexibility index (Phi) is 4.68. The highest BCUT2D eigenvalue weighted by atomic mass is 79.9. The molecule has 0 aliphatic rings. The molecule has 3 rings (SSSR count). The Balaban J connectivity index is 1.88. The van der Waals surface area contributed by atoms with Crippen LogP contribution in [0.25, 0.3) is 10.8 Å². The summed E-state index contributed by atoms with van der Waals surface area (Å²) >= 11 is 8.50. The van der Waals surface area contributed by atoms with Crippen LogP contribution in [-0.4, -0.2) is 21.1 Å². The summed E-state index contributed by atoms with van der Waals surface area (Å²) in [4.78, 5) is 24.4. The van der Waals surface area contributed by atoms with Gasteiger partial charge >= 0.3 is 0 Å². The molecule has 0 saturated heterocycles. The molecule has 2 aromatic carbocycles. The summed E-state index contributed by atoms with van der Waals surface area (Å²) in [5.41, 5.74) is 2.61. The third-order valence-electron chi connectivity index (χ3n) is 3.24. The van der Waals surface area contributed by atoms with Gasteiger partial charge in [0.25, 0.3) is 11.1 Å². The molecule has 0 aliphatic heterocycles. The smallest absolute Gasteiger partial charge is 0.267 e. The Bertz CT molecular complexity index is 1070. The third kappa shape index (κ3) is 3.34. The monoisotopic (exact) mass is 402 g/mol. The maximum Gasteiger partial charge on any atom is 0.279 e. The molecule has 2 N–H and O–H groups in total. The van der Waals surface area contributed by atoms with Crippen molar-refractivity contribution in [1.29, 1.82) is 0 Å². The number of halogens is 1. The maximum atomic E-state index is 12.4. The molecule has 0 spiro atoms. The second-order valence-corrected chi connectivity index (χ2v) is 6.16. The van der Waals surface area contributed by atoms with E-state index < -0.39 is 11.1 Å². The highest BCUT2D eigenvalue weighted by Crippen LogP contribution is 2.09. The topological polar surface area (TPSA) is 79.2 Å². The molecule has 0 unspecified atom stereocenters. The number of aromatic amines is 1. The fraction of sp³-hybridized carbons (Fsp3) is 0. The van der Waals surface area contributed by atoms with Gasteiger partial charge in [0.15, 0.2) is 0 Å². The Labute approximate surface area is 149 Å². The van der Waals surface area contributed by atoms with Gasteiger partial charge in [0, 0.05) is 4.47 Å². The highest BCUT2D eigenvalue weighted by molar-refractivity contribution is 9.10. The second kappa shape index (κ2) is 6.90. The molecule has 24 heavy (non-hydrogen) atoms. The van der Waals surface area contributed by atoms with Crippen LogP contribution < -0.4 is 16.5 Å². The van der Waals surface area contributed by atoms with Crippen LogP contribution >= 0.6 is 28.1 Å². The number of H-pyrrole nitrogens is 1. The molecule has 0 saturated carbocycles. The lowest BCUT2D eigenvalue weighted by atomic mass is 10.2. The van der Waals surface area contributed by atoms with Gasteiger partial charge in [-0.15, -0.1) is 0 Å². The molecule has 0 atom stereocenters. The quantitative estimate of drug-likeness (QED) is 0.391. The predicted octanol–water partition coefficient (Wildman–Crippen LogP) is 2.21. The van der Waals surface area contributed by atoms with Crippen LogP contribution in [-0.2, 0) is 0 Å². The summed E-state index contributed by atoms with van der Waals surface area (Å²) in [6.45, 7) is 0. The van der Waals surface area contributed by atoms with Crippen molar-refractivity contribution in [2.45, 2.75) is 0 Å². The lowest BCUT2D eigenvalue weighted by Crippen LogP contribution is -2.39. The first-order valence-electron chi connectivity index (χ1n) is 6.89. The zero-order valence-corrected chi connectivity index (χ0v) is 14.6. The van der Waals surface area contributed by atoms with Gasteiger partial charge in [-0.3, -0.25) is 20.1 Å². The minimum atomic E-state index is -0.416. The van der Waals surface area contributed by atoms with Gasteiger partial charge in [0.2, 0.25) is 5.11 Å². The number of hydrogen-bond acceptors (Lipinski definition) is 4. The van der Waals surface area contributed by atoms with E-state index in [4.69, 9.17) is 12.2 Å². The molecule has 1 aromatic heterocycles. The molecular weight excluding hydrogens is 392 g/mol. The van der Waals surface area contributed by atoms with Crippen LogP contribution in [0.1, 0.15) is 5.56 Å². The molecule has 3 aromatic rings. The summed E-state index contributed by atoms with van der Waals surface area (Å²) < 4.78 is 1.89. The predicted molar refractivity (Wildman–Crippen MR) is 102 cm³/mol. The van der Waals surface area contributed by atoms with Crippen LogP contribution in [0.3, 0.4) is 0 Å². The number of hydrazone groups is 1. The van der Waals surface area contributed by atoms with Gasteiger partial charge in [0.1, 0.15) is 0 Å². The molecule has 0 amide bonds. The molecular formula is C16H11BrN4O2S. The van der Waals surface area contributed by atoms with Gasteiger partial charge in [0.05, 0.1) is 17.0 Å². The highest BCUT2D eigenvalue weighted by Gasteiger charge is 2.09. The number of benzene rings is 2. The number of thiocarbonyl (C=S) groups is 1. The molecule has 0 bridgehead atoms. The molecule has 6 nitrogen and oxygen atoms in total. The average molecular weight is 403 g/mol. The van der Waals surface area contributed by atoms with E-state index >= 15 is 0 Å². The normalized spacial score (nSPS) is 11.0. The molecule has 0 aliphatic carbocycles. The van der Waals surface area contributed by atoms with Crippen LogP contribution in [0.4, 0.5) is 0 Å². The maximum absolute atomic E-state index is 12.4. The minimum absolute atomic E-state index is 0.0194. The van der Waals surface area contributed by atoms with E-state index in [-0.39, 0.29) is 5.11 Å². The van der Waals surface area contributed by atoms with Gasteiger partial charge in [-0.25, -0.2) is 0 Å². The standard InChI is InChI=1S/C16H11BrN4O2S/c17-11-5-3-4-10(8-11)9-18-19-16(24)21-15(23)13-7-2-1-6-12(13)14(22)20-21/h1-9H,(H,19,24)(H,20,22)/b18-9+. The van der Waals surface area contributed by atoms with E-state index in [0.29, 0.717) is 10.8 Å². The zero-order valence-electron chi connectivity index (χ0n) is 12.2. The second-order valence-electron chi connectivity index (χ2n) is 4.86. The van der Waals surface area contributed by atoms with Gasteiger partial charge in [-0.2, -0.15) is 9.78 Å². The van der Waals surface area contributed by atoms with Crippen molar-refractivity contribution in [3.63, 3.8) is 0 Å². The number of aromatic nitrogens is 2. The van der Waals surface area contributed by atoms with Crippen molar-refractivity contribution < 1.29 is 0 Å². The van der Waals surface area contributed by atoms with E-state index in [9.17, 15) is 9.59 Å². The Morgan fingerprint density at radius 3 is 2.67 bits per heavy atom. The van der Waals surface area contributed by atoms with Crippen LogP contribution in [0, 0.1) is 0 Å². The van der Waals surface area contributed by atoms with Crippen LogP contribution in [0.15, 0.2) is 67.7 Å². The summed E-state index contributed by atoms with van der Waals surface area (Å²) in [5, 5.41) is 7.02. The van der Waals surface area contributed by atoms with Gasteiger partial charge in [-0.05, 0) is 42.0 Å². The Hall–Kier alpha value is -2.58.